The molecule has 3 atom stereocenters. The predicted octanol–water partition coefficient (Wildman–Crippen LogP) is 3.16. The van der Waals surface area contributed by atoms with Gasteiger partial charge in [-0.2, -0.15) is 13.2 Å². The highest BCUT2D eigenvalue weighted by molar-refractivity contribution is 5.19. The van der Waals surface area contributed by atoms with E-state index in [2.05, 4.69) is 10.3 Å². The van der Waals surface area contributed by atoms with Crippen LogP contribution >= 0.6 is 0 Å². The van der Waals surface area contributed by atoms with Crippen molar-refractivity contribution in [2.45, 2.75) is 31.5 Å². The molecule has 1 N–H and O–H groups in total. The number of alkyl halides is 3. The number of rotatable bonds is 1. The summed E-state index contributed by atoms with van der Waals surface area (Å²) in [5.41, 5.74) is -0.248. The Labute approximate surface area is 104 Å². The molecule has 1 aliphatic carbocycles. The van der Waals surface area contributed by atoms with Crippen molar-refractivity contribution in [3.63, 3.8) is 0 Å². The fourth-order valence-electron chi connectivity index (χ4n) is 3.29. The molecule has 1 aliphatic heterocycles. The van der Waals surface area contributed by atoms with Gasteiger partial charge < -0.3 is 5.32 Å². The Kier molecular flexibility index (Phi) is 2.81. The third-order valence-electron chi connectivity index (χ3n) is 4.13. The van der Waals surface area contributed by atoms with Gasteiger partial charge in [0.25, 0.3) is 0 Å². The van der Waals surface area contributed by atoms with Gasteiger partial charge in [0.15, 0.2) is 0 Å². The molecule has 0 spiro atoms. The number of pyridine rings is 1. The number of nitrogens with one attached hydrogen (secondary N) is 1. The molecule has 0 bridgehead atoms. The highest BCUT2D eigenvalue weighted by atomic mass is 19.4. The van der Waals surface area contributed by atoms with Crippen LogP contribution in [-0.4, -0.2) is 11.5 Å². The van der Waals surface area contributed by atoms with Crippen LogP contribution in [0, 0.1) is 11.8 Å². The molecule has 1 saturated heterocycles. The third kappa shape index (κ3) is 2.00. The summed E-state index contributed by atoms with van der Waals surface area (Å²) in [4.78, 5) is 3.80. The Bertz CT molecular complexity index is 444. The number of fused-ring (bicyclic) bond motifs is 1. The van der Waals surface area contributed by atoms with Crippen molar-refractivity contribution in [1.82, 2.24) is 10.3 Å². The first-order valence-corrected chi connectivity index (χ1v) is 6.33. The van der Waals surface area contributed by atoms with E-state index in [1.54, 1.807) is 6.07 Å². The zero-order valence-electron chi connectivity index (χ0n) is 9.87. The molecular formula is C13H15F3N2. The highest BCUT2D eigenvalue weighted by Gasteiger charge is 2.41. The second-order valence-corrected chi connectivity index (χ2v) is 5.19. The molecule has 0 radical (unpaired) electrons. The number of hydrogen-bond acceptors (Lipinski definition) is 2. The molecule has 3 unspecified atom stereocenters. The average Bonchev–Trinajstić information content (AvgIpc) is 2.89. The largest absolute Gasteiger partial charge is 0.433 e. The van der Waals surface area contributed by atoms with Gasteiger partial charge in [-0.25, -0.2) is 4.98 Å². The Balaban J connectivity index is 1.88. The molecular weight excluding hydrogens is 241 g/mol. The maximum atomic E-state index is 12.6. The highest BCUT2D eigenvalue weighted by Crippen LogP contribution is 2.44. The van der Waals surface area contributed by atoms with Crippen LogP contribution in [0.5, 0.6) is 0 Å². The average molecular weight is 256 g/mol. The fourth-order valence-corrected chi connectivity index (χ4v) is 3.29. The number of hydrogen-bond donors (Lipinski definition) is 1. The summed E-state index contributed by atoms with van der Waals surface area (Å²) in [5, 5.41) is 3.32. The minimum atomic E-state index is -4.36. The zero-order chi connectivity index (χ0) is 12.8. The van der Waals surface area contributed by atoms with Gasteiger partial charge in [-0.3, -0.25) is 0 Å². The molecule has 18 heavy (non-hydrogen) atoms. The van der Waals surface area contributed by atoms with E-state index in [1.807, 2.05) is 0 Å². The lowest BCUT2D eigenvalue weighted by Crippen LogP contribution is -2.20. The minimum Gasteiger partial charge on any atom is -0.308 e. The van der Waals surface area contributed by atoms with E-state index in [1.165, 1.54) is 18.9 Å². The minimum absolute atomic E-state index is 0.000185. The van der Waals surface area contributed by atoms with Gasteiger partial charge in [0.05, 0.1) is 11.7 Å². The summed E-state index contributed by atoms with van der Waals surface area (Å²) in [6.07, 6.45) is -0.885. The van der Waals surface area contributed by atoms with Crippen LogP contribution in [0.2, 0.25) is 0 Å². The SMILES string of the molecule is FC(F)(F)c1cccc(C2NCC3CCCC32)n1. The Morgan fingerprint density at radius 1 is 1.22 bits per heavy atom. The normalized spacial score (nSPS) is 31.6. The van der Waals surface area contributed by atoms with Crippen molar-refractivity contribution in [3.05, 3.63) is 29.6 Å². The van der Waals surface area contributed by atoms with Gasteiger partial charge in [-0.15, -0.1) is 0 Å². The molecule has 98 valence electrons. The fraction of sp³-hybridized carbons (Fsp3) is 0.615. The van der Waals surface area contributed by atoms with Gasteiger partial charge in [-0.05, 0) is 43.4 Å². The Hall–Kier alpha value is -1.10. The number of nitrogens with zero attached hydrogens (tertiary/aromatic N) is 1. The first-order valence-electron chi connectivity index (χ1n) is 6.33. The van der Waals surface area contributed by atoms with Crippen LogP contribution in [0.4, 0.5) is 13.2 Å². The third-order valence-corrected chi connectivity index (χ3v) is 4.13. The summed E-state index contributed by atoms with van der Waals surface area (Å²) >= 11 is 0. The number of halogens is 3. The molecule has 1 aromatic heterocycles. The van der Waals surface area contributed by atoms with Gasteiger partial charge in [0.1, 0.15) is 5.69 Å². The number of aromatic nitrogens is 1. The predicted molar refractivity (Wildman–Crippen MR) is 60.8 cm³/mol. The molecule has 2 heterocycles. The van der Waals surface area contributed by atoms with E-state index in [0.717, 1.165) is 19.0 Å². The van der Waals surface area contributed by atoms with Crippen molar-refractivity contribution >= 4 is 0 Å². The quantitative estimate of drug-likeness (QED) is 0.834. The van der Waals surface area contributed by atoms with Crippen LogP contribution in [0.3, 0.4) is 0 Å². The van der Waals surface area contributed by atoms with E-state index in [-0.39, 0.29) is 6.04 Å². The second-order valence-electron chi connectivity index (χ2n) is 5.19. The lowest BCUT2D eigenvalue weighted by Gasteiger charge is -2.18. The van der Waals surface area contributed by atoms with Crippen LogP contribution in [0.25, 0.3) is 0 Å². The van der Waals surface area contributed by atoms with Crippen LogP contribution in [0.1, 0.15) is 36.7 Å². The molecule has 1 aromatic rings. The summed E-state index contributed by atoms with van der Waals surface area (Å²) in [6.45, 7) is 0.910. The van der Waals surface area contributed by atoms with Crippen molar-refractivity contribution in [1.29, 1.82) is 0 Å². The topological polar surface area (TPSA) is 24.9 Å². The van der Waals surface area contributed by atoms with Gasteiger partial charge in [-0.1, -0.05) is 12.5 Å². The van der Waals surface area contributed by atoms with Crippen LogP contribution < -0.4 is 5.32 Å². The summed E-state index contributed by atoms with van der Waals surface area (Å²) in [5.74, 6) is 1.08. The van der Waals surface area contributed by atoms with E-state index in [9.17, 15) is 13.2 Å². The van der Waals surface area contributed by atoms with Crippen LogP contribution in [-0.2, 0) is 6.18 Å². The first-order chi connectivity index (χ1) is 8.55. The molecule has 2 aliphatic rings. The van der Waals surface area contributed by atoms with Gasteiger partial charge in [0, 0.05) is 0 Å². The van der Waals surface area contributed by atoms with Gasteiger partial charge in [0.2, 0.25) is 0 Å². The molecule has 5 heteroatoms. The van der Waals surface area contributed by atoms with E-state index >= 15 is 0 Å². The smallest absolute Gasteiger partial charge is 0.308 e. The maximum Gasteiger partial charge on any atom is 0.433 e. The Morgan fingerprint density at radius 3 is 2.83 bits per heavy atom. The molecule has 0 aromatic carbocycles. The molecule has 1 saturated carbocycles. The van der Waals surface area contributed by atoms with Crippen molar-refractivity contribution in [3.8, 4) is 0 Å². The van der Waals surface area contributed by atoms with E-state index < -0.39 is 11.9 Å². The van der Waals surface area contributed by atoms with Crippen molar-refractivity contribution < 1.29 is 13.2 Å². The van der Waals surface area contributed by atoms with E-state index in [0.29, 0.717) is 17.5 Å². The summed E-state index contributed by atoms with van der Waals surface area (Å²) < 4.78 is 37.9. The first kappa shape index (κ1) is 12.0. The molecule has 0 amide bonds. The second kappa shape index (κ2) is 4.23. The molecule has 3 rings (SSSR count). The Morgan fingerprint density at radius 2 is 2.06 bits per heavy atom. The lowest BCUT2D eigenvalue weighted by atomic mass is 9.92. The zero-order valence-corrected chi connectivity index (χ0v) is 9.87. The lowest BCUT2D eigenvalue weighted by molar-refractivity contribution is -0.141. The molecule has 2 fully saturated rings. The van der Waals surface area contributed by atoms with Crippen molar-refractivity contribution in [2.24, 2.45) is 11.8 Å². The summed E-state index contributed by atoms with van der Waals surface area (Å²) in [7, 11) is 0. The summed E-state index contributed by atoms with van der Waals surface area (Å²) in [6, 6.07) is 4.19. The maximum absolute atomic E-state index is 12.6. The standard InChI is InChI=1S/C13H15F3N2/c14-13(15,16)11-6-2-5-10(18-11)12-9-4-1-3-8(9)7-17-12/h2,5-6,8-9,12,17H,1,3-4,7H2. The van der Waals surface area contributed by atoms with Crippen molar-refractivity contribution in [2.75, 3.05) is 6.54 Å². The van der Waals surface area contributed by atoms with Gasteiger partial charge >= 0.3 is 6.18 Å². The van der Waals surface area contributed by atoms with E-state index in [4.69, 9.17) is 0 Å². The molecule has 2 nitrogen and oxygen atoms in total. The van der Waals surface area contributed by atoms with Crippen LogP contribution in [0.15, 0.2) is 18.2 Å². The monoisotopic (exact) mass is 256 g/mol.